The molecule has 1 aromatic heterocycles. The van der Waals surface area contributed by atoms with Gasteiger partial charge in [0, 0.05) is 18.7 Å². The van der Waals surface area contributed by atoms with E-state index in [0.717, 1.165) is 11.1 Å². The Labute approximate surface area is 191 Å². The van der Waals surface area contributed by atoms with Crippen LogP contribution >= 0.6 is 11.3 Å². The number of ether oxygens (including phenoxy) is 1. The van der Waals surface area contributed by atoms with E-state index in [4.69, 9.17) is 4.74 Å². The number of piperidine rings is 1. The Kier molecular flexibility index (Phi) is 6.36. The molecule has 170 valence electrons. The molecule has 1 saturated heterocycles. The number of benzene rings is 2. The van der Waals surface area contributed by atoms with Crippen molar-refractivity contribution in [1.29, 1.82) is 0 Å². The van der Waals surface area contributed by atoms with Crippen LogP contribution in [0.25, 0.3) is 10.2 Å². The van der Waals surface area contributed by atoms with Crippen LogP contribution in [0.2, 0.25) is 0 Å². The van der Waals surface area contributed by atoms with Crippen LogP contribution in [0.4, 0.5) is 5.13 Å². The number of nitrogens with zero attached hydrogens (tertiary/aromatic N) is 2. The molecule has 0 aliphatic carbocycles. The third kappa shape index (κ3) is 4.57. The average Bonchev–Trinajstić information content (AvgIpc) is 3.20. The molecule has 1 fully saturated rings. The van der Waals surface area contributed by atoms with Gasteiger partial charge in [-0.3, -0.25) is 15.6 Å². The van der Waals surface area contributed by atoms with Crippen molar-refractivity contribution in [2.24, 2.45) is 11.8 Å². The van der Waals surface area contributed by atoms with Gasteiger partial charge in [0.05, 0.1) is 16.7 Å². The lowest BCUT2D eigenvalue weighted by Crippen LogP contribution is -2.42. The van der Waals surface area contributed by atoms with E-state index in [1.807, 2.05) is 18.2 Å². The Bertz CT molecular complexity index is 1210. The second-order valence-corrected chi connectivity index (χ2v) is 11.2. The summed E-state index contributed by atoms with van der Waals surface area (Å²) in [7, 11) is -2.00. The summed E-state index contributed by atoms with van der Waals surface area (Å²) in [5.41, 5.74) is 6.48. The fraction of sp³-hybridized carbons (Fsp3) is 0.364. The number of amides is 1. The summed E-state index contributed by atoms with van der Waals surface area (Å²) < 4.78 is 33.8. The van der Waals surface area contributed by atoms with Gasteiger partial charge >= 0.3 is 0 Å². The van der Waals surface area contributed by atoms with E-state index in [2.05, 4.69) is 29.7 Å². The molecule has 8 nitrogen and oxygen atoms in total. The van der Waals surface area contributed by atoms with E-state index < -0.39 is 10.0 Å². The van der Waals surface area contributed by atoms with Crippen molar-refractivity contribution in [1.82, 2.24) is 14.7 Å². The summed E-state index contributed by atoms with van der Waals surface area (Å²) in [6.45, 7) is 5.18. The van der Waals surface area contributed by atoms with Crippen LogP contribution in [0.15, 0.2) is 47.4 Å². The number of anilines is 1. The molecule has 1 aliphatic rings. The molecular formula is C22H26N4O4S2. The van der Waals surface area contributed by atoms with Crippen molar-refractivity contribution in [3.63, 3.8) is 0 Å². The SMILES string of the molecule is COc1cccc2sc(NNC(=O)c3ccc(S(=O)(=O)N4C[C@H](C)C[C@@H](C)C4)cc3)nc12. The third-order valence-electron chi connectivity index (χ3n) is 5.47. The van der Waals surface area contributed by atoms with Gasteiger partial charge in [0.15, 0.2) is 0 Å². The number of sulfonamides is 1. The van der Waals surface area contributed by atoms with Crippen molar-refractivity contribution >= 4 is 42.6 Å². The number of carbonyl (C=O) groups is 1. The van der Waals surface area contributed by atoms with Gasteiger partial charge in [-0.1, -0.05) is 31.3 Å². The van der Waals surface area contributed by atoms with E-state index in [9.17, 15) is 13.2 Å². The highest BCUT2D eigenvalue weighted by Gasteiger charge is 2.31. The lowest BCUT2D eigenvalue weighted by Gasteiger charge is -2.34. The van der Waals surface area contributed by atoms with Crippen LogP contribution in [0, 0.1) is 11.8 Å². The zero-order valence-corrected chi connectivity index (χ0v) is 19.8. The topological polar surface area (TPSA) is 101 Å². The molecule has 0 saturated carbocycles. The molecule has 2 N–H and O–H groups in total. The Balaban J connectivity index is 1.43. The first-order valence-electron chi connectivity index (χ1n) is 10.4. The zero-order valence-electron chi connectivity index (χ0n) is 18.2. The van der Waals surface area contributed by atoms with E-state index in [1.165, 1.54) is 35.6 Å². The van der Waals surface area contributed by atoms with Gasteiger partial charge in [0.25, 0.3) is 5.91 Å². The average molecular weight is 475 g/mol. The highest BCUT2D eigenvalue weighted by Crippen LogP contribution is 2.32. The van der Waals surface area contributed by atoms with E-state index >= 15 is 0 Å². The Hall–Kier alpha value is -2.69. The maximum Gasteiger partial charge on any atom is 0.269 e. The van der Waals surface area contributed by atoms with Crippen molar-refractivity contribution in [2.75, 3.05) is 25.6 Å². The standard InChI is InChI=1S/C22H26N4O4S2/c1-14-11-15(2)13-26(12-14)32(28,29)17-9-7-16(8-10-17)21(27)24-25-22-23-20-18(30-3)5-4-6-19(20)31-22/h4-10,14-15H,11-13H2,1-3H3,(H,23,25)(H,24,27)/t14-,15-/m1/s1. The second kappa shape index (κ2) is 9.05. The van der Waals surface area contributed by atoms with Gasteiger partial charge in [-0.2, -0.15) is 4.31 Å². The van der Waals surface area contributed by atoms with E-state index in [0.29, 0.717) is 46.9 Å². The third-order valence-corrected chi connectivity index (χ3v) is 8.26. The largest absolute Gasteiger partial charge is 0.494 e. The van der Waals surface area contributed by atoms with Gasteiger partial charge in [-0.15, -0.1) is 0 Å². The van der Waals surface area contributed by atoms with E-state index in [1.54, 1.807) is 11.4 Å². The maximum atomic E-state index is 13.0. The molecule has 32 heavy (non-hydrogen) atoms. The van der Waals surface area contributed by atoms with Gasteiger partial charge in [0.1, 0.15) is 11.3 Å². The maximum absolute atomic E-state index is 13.0. The van der Waals surface area contributed by atoms with Crippen molar-refractivity contribution in [2.45, 2.75) is 25.2 Å². The first-order valence-corrected chi connectivity index (χ1v) is 12.6. The number of fused-ring (bicyclic) bond motifs is 1. The first kappa shape index (κ1) is 22.5. The molecule has 1 amide bonds. The van der Waals surface area contributed by atoms with Crippen LogP contribution in [0.5, 0.6) is 5.75 Å². The lowest BCUT2D eigenvalue weighted by molar-refractivity contribution is 0.0962. The molecular weight excluding hydrogens is 448 g/mol. The number of aromatic nitrogens is 1. The summed E-state index contributed by atoms with van der Waals surface area (Å²) >= 11 is 1.38. The highest BCUT2D eigenvalue weighted by molar-refractivity contribution is 7.89. The fourth-order valence-corrected chi connectivity index (χ4v) is 6.57. The fourth-order valence-electron chi connectivity index (χ4n) is 4.05. The first-order chi connectivity index (χ1) is 15.3. The number of hydrogen-bond acceptors (Lipinski definition) is 7. The predicted molar refractivity (Wildman–Crippen MR) is 125 cm³/mol. The van der Waals surface area contributed by atoms with Crippen molar-refractivity contribution < 1.29 is 17.9 Å². The molecule has 0 radical (unpaired) electrons. The number of nitrogens with one attached hydrogen (secondary N) is 2. The summed E-state index contributed by atoms with van der Waals surface area (Å²) in [6.07, 6.45) is 1.03. The number of carbonyl (C=O) groups excluding carboxylic acids is 1. The van der Waals surface area contributed by atoms with Gasteiger partial charge in [0.2, 0.25) is 15.2 Å². The Morgan fingerprint density at radius 2 is 1.81 bits per heavy atom. The zero-order chi connectivity index (χ0) is 22.9. The summed E-state index contributed by atoms with van der Waals surface area (Å²) in [5, 5.41) is 0.519. The molecule has 4 rings (SSSR count). The van der Waals surface area contributed by atoms with Crippen LogP contribution in [0.3, 0.4) is 0 Å². The van der Waals surface area contributed by atoms with Gasteiger partial charge in [-0.25, -0.2) is 13.4 Å². The second-order valence-electron chi connectivity index (χ2n) is 8.20. The number of para-hydroxylation sites is 1. The number of rotatable bonds is 6. The number of methoxy groups -OCH3 is 1. The number of hydrazine groups is 1. The molecule has 0 bridgehead atoms. The predicted octanol–water partition coefficient (Wildman–Crippen LogP) is 3.73. The minimum absolute atomic E-state index is 0.196. The van der Waals surface area contributed by atoms with Crippen LogP contribution < -0.4 is 15.6 Å². The molecule has 2 heterocycles. The van der Waals surface area contributed by atoms with Crippen LogP contribution in [0.1, 0.15) is 30.6 Å². The van der Waals surface area contributed by atoms with Crippen molar-refractivity contribution in [3.8, 4) is 5.75 Å². The summed E-state index contributed by atoms with van der Waals surface area (Å²) in [6, 6.07) is 11.6. The lowest BCUT2D eigenvalue weighted by atomic mass is 9.94. The summed E-state index contributed by atoms with van der Waals surface area (Å²) in [4.78, 5) is 17.2. The number of thiazole rings is 1. The quantitative estimate of drug-likeness (QED) is 0.528. The Morgan fingerprint density at radius 1 is 1.12 bits per heavy atom. The minimum Gasteiger partial charge on any atom is -0.494 e. The van der Waals surface area contributed by atoms with Gasteiger partial charge in [-0.05, 0) is 54.7 Å². The molecule has 2 aromatic carbocycles. The summed E-state index contributed by atoms with van der Waals surface area (Å²) in [5.74, 6) is 0.923. The van der Waals surface area contributed by atoms with Crippen LogP contribution in [-0.2, 0) is 10.0 Å². The Morgan fingerprint density at radius 3 is 2.47 bits per heavy atom. The monoisotopic (exact) mass is 474 g/mol. The molecule has 10 heteroatoms. The smallest absolute Gasteiger partial charge is 0.269 e. The van der Waals surface area contributed by atoms with Gasteiger partial charge < -0.3 is 4.74 Å². The normalized spacial score (nSPS) is 19.6. The van der Waals surface area contributed by atoms with E-state index in [-0.39, 0.29) is 10.8 Å². The van der Waals surface area contributed by atoms with Crippen LogP contribution in [-0.4, -0.2) is 43.8 Å². The van der Waals surface area contributed by atoms with Crippen molar-refractivity contribution in [3.05, 3.63) is 48.0 Å². The highest BCUT2D eigenvalue weighted by atomic mass is 32.2. The molecule has 3 aromatic rings. The molecule has 2 atom stereocenters. The number of hydrogen-bond donors (Lipinski definition) is 2. The molecule has 0 spiro atoms. The molecule has 0 unspecified atom stereocenters. The molecule has 1 aliphatic heterocycles. The minimum atomic E-state index is -3.58.